The molecule has 1 atom stereocenters. The van der Waals surface area contributed by atoms with Gasteiger partial charge in [-0.15, -0.1) is 0 Å². The third-order valence-corrected chi connectivity index (χ3v) is 3.69. The Labute approximate surface area is 87.2 Å². The van der Waals surface area contributed by atoms with Crippen molar-refractivity contribution in [1.82, 2.24) is 9.80 Å². The van der Waals surface area contributed by atoms with Crippen LogP contribution in [0.1, 0.15) is 25.7 Å². The van der Waals surface area contributed by atoms with E-state index >= 15 is 0 Å². The molecule has 2 rings (SSSR count). The molecule has 2 fully saturated rings. The van der Waals surface area contributed by atoms with Crippen molar-refractivity contribution in [3.05, 3.63) is 0 Å². The van der Waals surface area contributed by atoms with Gasteiger partial charge >= 0.3 is 0 Å². The van der Waals surface area contributed by atoms with Crippen LogP contribution in [0.4, 0.5) is 0 Å². The van der Waals surface area contributed by atoms with Crippen molar-refractivity contribution in [3.63, 3.8) is 0 Å². The van der Waals surface area contributed by atoms with Crippen LogP contribution in [-0.2, 0) is 0 Å². The van der Waals surface area contributed by atoms with E-state index in [0.29, 0.717) is 6.04 Å². The average molecular weight is 197 g/mol. The van der Waals surface area contributed by atoms with Crippen molar-refractivity contribution < 1.29 is 0 Å². The predicted molar refractivity (Wildman–Crippen MR) is 59.3 cm³/mol. The summed E-state index contributed by atoms with van der Waals surface area (Å²) in [7, 11) is 2.27. The summed E-state index contributed by atoms with van der Waals surface area (Å²) in [6, 6.07) is 1.29. The van der Waals surface area contributed by atoms with Crippen LogP contribution in [0.25, 0.3) is 0 Å². The molecule has 3 heteroatoms. The third kappa shape index (κ3) is 2.47. The predicted octanol–water partition coefficient (Wildman–Crippen LogP) is 0.504. The zero-order valence-electron chi connectivity index (χ0n) is 9.28. The number of hydrogen-bond acceptors (Lipinski definition) is 3. The summed E-state index contributed by atoms with van der Waals surface area (Å²) < 4.78 is 0. The standard InChI is InChI=1S/C11H23N3/c1-13-6-3-2-4-11(13)5-7-14-8-10(12)9-14/h10-11H,2-9,12H2,1H3. The van der Waals surface area contributed by atoms with Gasteiger partial charge in [-0.05, 0) is 39.4 Å². The largest absolute Gasteiger partial charge is 0.325 e. The molecule has 82 valence electrons. The van der Waals surface area contributed by atoms with Gasteiger partial charge in [0.1, 0.15) is 0 Å². The summed E-state index contributed by atoms with van der Waals surface area (Å²) in [5.41, 5.74) is 5.75. The van der Waals surface area contributed by atoms with Gasteiger partial charge in [0.2, 0.25) is 0 Å². The van der Waals surface area contributed by atoms with Gasteiger partial charge in [0.15, 0.2) is 0 Å². The van der Waals surface area contributed by atoms with E-state index < -0.39 is 0 Å². The SMILES string of the molecule is CN1CCCCC1CCN1CC(N)C1. The fourth-order valence-corrected chi connectivity index (χ4v) is 2.63. The first-order valence-electron chi connectivity index (χ1n) is 5.94. The van der Waals surface area contributed by atoms with Crippen LogP contribution < -0.4 is 5.73 Å². The van der Waals surface area contributed by atoms with Crippen LogP contribution in [0.15, 0.2) is 0 Å². The van der Waals surface area contributed by atoms with Gasteiger partial charge in [-0.2, -0.15) is 0 Å². The van der Waals surface area contributed by atoms with Gasteiger partial charge in [-0.25, -0.2) is 0 Å². The second kappa shape index (κ2) is 4.60. The van der Waals surface area contributed by atoms with E-state index in [2.05, 4.69) is 16.8 Å². The molecule has 14 heavy (non-hydrogen) atoms. The van der Waals surface area contributed by atoms with Crippen LogP contribution in [0, 0.1) is 0 Å². The van der Waals surface area contributed by atoms with E-state index in [1.165, 1.54) is 38.8 Å². The zero-order valence-corrected chi connectivity index (χ0v) is 9.28. The molecule has 0 radical (unpaired) electrons. The van der Waals surface area contributed by atoms with Crippen LogP contribution >= 0.6 is 0 Å². The molecule has 0 amide bonds. The monoisotopic (exact) mass is 197 g/mol. The van der Waals surface area contributed by atoms with E-state index in [1.807, 2.05) is 0 Å². The molecule has 3 nitrogen and oxygen atoms in total. The lowest BCUT2D eigenvalue weighted by Crippen LogP contribution is -2.56. The molecule has 0 aromatic heterocycles. The minimum atomic E-state index is 0.457. The van der Waals surface area contributed by atoms with E-state index in [1.54, 1.807) is 0 Å². The normalized spacial score (nSPS) is 31.7. The summed E-state index contributed by atoms with van der Waals surface area (Å²) in [6.45, 7) is 4.79. The maximum absolute atomic E-state index is 5.75. The van der Waals surface area contributed by atoms with E-state index in [-0.39, 0.29) is 0 Å². The average Bonchev–Trinajstić information content (AvgIpc) is 2.13. The van der Waals surface area contributed by atoms with E-state index in [4.69, 9.17) is 5.73 Å². The van der Waals surface area contributed by atoms with Gasteiger partial charge in [0.25, 0.3) is 0 Å². The smallest absolute Gasteiger partial charge is 0.0297 e. The summed E-state index contributed by atoms with van der Waals surface area (Å²) in [4.78, 5) is 5.01. The van der Waals surface area contributed by atoms with E-state index in [0.717, 1.165) is 19.1 Å². The zero-order chi connectivity index (χ0) is 9.97. The van der Waals surface area contributed by atoms with Gasteiger partial charge in [0, 0.05) is 25.2 Å². The molecule has 2 heterocycles. The Bertz CT molecular complexity index is 177. The van der Waals surface area contributed by atoms with Crippen LogP contribution in [0.2, 0.25) is 0 Å². The summed E-state index contributed by atoms with van der Waals surface area (Å²) in [6.07, 6.45) is 5.55. The van der Waals surface area contributed by atoms with Gasteiger partial charge in [-0.3, -0.25) is 0 Å². The first-order valence-corrected chi connectivity index (χ1v) is 5.94. The highest BCUT2D eigenvalue weighted by molar-refractivity contribution is 4.84. The van der Waals surface area contributed by atoms with Crippen molar-refractivity contribution in [2.24, 2.45) is 5.73 Å². The number of rotatable bonds is 3. The number of likely N-dealkylation sites (tertiary alicyclic amines) is 2. The van der Waals surface area contributed by atoms with Crippen LogP contribution in [0.3, 0.4) is 0 Å². The van der Waals surface area contributed by atoms with Crippen molar-refractivity contribution in [2.45, 2.75) is 37.8 Å². The molecule has 0 aromatic carbocycles. The highest BCUT2D eigenvalue weighted by Gasteiger charge is 2.25. The Kier molecular flexibility index (Phi) is 3.42. The number of piperidine rings is 1. The molecule has 0 aliphatic carbocycles. The Balaban J connectivity index is 1.64. The lowest BCUT2D eigenvalue weighted by molar-refractivity contribution is 0.113. The second-order valence-electron chi connectivity index (χ2n) is 4.94. The number of nitrogens with zero attached hydrogens (tertiary/aromatic N) is 2. The van der Waals surface area contributed by atoms with Crippen molar-refractivity contribution >= 4 is 0 Å². The summed E-state index contributed by atoms with van der Waals surface area (Å²) in [5.74, 6) is 0. The first kappa shape index (κ1) is 10.4. The minimum Gasteiger partial charge on any atom is -0.325 e. The molecule has 2 saturated heterocycles. The highest BCUT2D eigenvalue weighted by atomic mass is 15.2. The number of hydrogen-bond donors (Lipinski definition) is 1. The lowest BCUT2D eigenvalue weighted by Gasteiger charge is -2.39. The molecule has 0 spiro atoms. The molecule has 2 N–H and O–H groups in total. The minimum absolute atomic E-state index is 0.457. The molecule has 0 saturated carbocycles. The maximum atomic E-state index is 5.75. The molecule has 1 unspecified atom stereocenters. The maximum Gasteiger partial charge on any atom is 0.0297 e. The van der Waals surface area contributed by atoms with Gasteiger partial charge < -0.3 is 15.5 Å². The Morgan fingerprint density at radius 3 is 2.71 bits per heavy atom. The number of nitrogens with two attached hydrogens (primary N) is 1. The lowest BCUT2D eigenvalue weighted by atomic mass is 9.99. The second-order valence-corrected chi connectivity index (χ2v) is 4.94. The first-order chi connectivity index (χ1) is 6.75. The Morgan fingerprint density at radius 1 is 1.29 bits per heavy atom. The molecule has 2 aliphatic rings. The van der Waals surface area contributed by atoms with Crippen molar-refractivity contribution in [2.75, 3.05) is 33.2 Å². The van der Waals surface area contributed by atoms with Gasteiger partial charge in [0.05, 0.1) is 0 Å². The topological polar surface area (TPSA) is 32.5 Å². The fraction of sp³-hybridized carbons (Fsp3) is 1.00. The van der Waals surface area contributed by atoms with Gasteiger partial charge in [-0.1, -0.05) is 6.42 Å². The Hall–Kier alpha value is -0.120. The molecule has 0 bridgehead atoms. The summed E-state index contributed by atoms with van der Waals surface area (Å²) in [5, 5.41) is 0. The Morgan fingerprint density at radius 2 is 2.07 bits per heavy atom. The van der Waals surface area contributed by atoms with Crippen LogP contribution in [-0.4, -0.2) is 55.1 Å². The van der Waals surface area contributed by atoms with Crippen molar-refractivity contribution in [1.29, 1.82) is 0 Å². The summed E-state index contributed by atoms with van der Waals surface area (Å²) >= 11 is 0. The quantitative estimate of drug-likeness (QED) is 0.715. The molecular formula is C11H23N3. The highest BCUT2D eigenvalue weighted by Crippen LogP contribution is 2.18. The van der Waals surface area contributed by atoms with E-state index in [9.17, 15) is 0 Å². The third-order valence-electron chi connectivity index (χ3n) is 3.69. The van der Waals surface area contributed by atoms with Crippen LogP contribution in [0.5, 0.6) is 0 Å². The molecular weight excluding hydrogens is 174 g/mol. The fourth-order valence-electron chi connectivity index (χ4n) is 2.63. The van der Waals surface area contributed by atoms with Crippen molar-refractivity contribution in [3.8, 4) is 0 Å². The molecule has 2 aliphatic heterocycles. The molecule has 0 aromatic rings.